The minimum absolute atomic E-state index is 0.106. The molecule has 0 saturated heterocycles. The van der Waals surface area contributed by atoms with Crippen molar-refractivity contribution < 1.29 is 14.7 Å². The molecule has 1 atom stereocenters. The van der Waals surface area contributed by atoms with Crippen LogP contribution in [-0.2, 0) is 4.79 Å². The van der Waals surface area contributed by atoms with E-state index in [4.69, 9.17) is 10.8 Å². The van der Waals surface area contributed by atoms with E-state index in [-0.39, 0.29) is 11.5 Å². The van der Waals surface area contributed by atoms with Gasteiger partial charge in [-0.3, -0.25) is 4.79 Å². The van der Waals surface area contributed by atoms with Gasteiger partial charge in [0.15, 0.2) is 0 Å². The van der Waals surface area contributed by atoms with E-state index in [0.29, 0.717) is 17.7 Å². The van der Waals surface area contributed by atoms with E-state index in [2.05, 4.69) is 5.32 Å². The van der Waals surface area contributed by atoms with Gasteiger partial charge in [-0.2, -0.15) is 0 Å². The molecule has 0 aliphatic carbocycles. The Morgan fingerprint density at radius 2 is 2.11 bits per heavy atom. The van der Waals surface area contributed by atoms with E-state index >= 15 is 0 Å². The van der Waals surface area contributed by atoms with Crippen molar-refractivity contribution in [1.82, 2.24) is 0 Å². The number of hydrogen-bond acceptors (Lipinski definition) is 3. The molecule has 0 unspecified atom stereocenters. The molecule has 0 heterocycles. The Morgan fingerprint density at radius 3 is 2.67 bits per heavy atom. The van der Waals surface area contributed by atoms with E-state index in [1.54, 1.807) is 25.1 Å². The Morgan fingerprint density at radius 1 is 1.44 bits per heavy atom. The number of nitrogens with one attached hydrogen (secondary N) is 1. The van der Waals surface area contributed by atoms with Crippen molar-refractivity contribution in [1.29, 1.82) is 0 Å². The minimum Gasteiger partial charge on any atom is -0.478 e. The van der Waals surface area contributed by atoms with Gasteiger partial charge in [-0.1, -0.05) is 25.5 Å². The number of carbonyl (C=O) groups is 2. The zero-order valence-corrected chi connectivity index (χ0v) is 10.6. The summed E-state index contributed by atoms with van der Waals surface area (Å²) in [4.78, 5) is 22.9. The van der Waals surface area contributed by atoms with E-state index in [9.17, 15) is 9.59 Å². The topological polar surface area (TPSA) is 92.4 Å². The fourth-order valence-electron chi connectivity index (χ4n) is 1.72. The first-order chi connectivity index (χ1) is 8.47. The van der Waals surface area contributed by atoms with Crippen molar-refractivity contribution in [2.45, 2.75) is 32.7 Å². The standard InChI is InChI=1S/C13H18N2O3/c1-3-5-9(14)12(16)15-10-7-4-6-8(2)11(10)13(17)18/h4,6-7,9H,3,5,14H2,1-2H3,(H,15,16)(H,17,18)/t9-/m0/s1. The SMILES string of the molecule is CCC[C@H](N)C(=O)Nc1cccc(C)c1C(=O)O. The normalized spacial score (nSPS) is 11.9. The quantitative estimate of drug-likeness (QED) is 0.742. The first kappa shape index (κ1) is 14.2. The van der Waals surface area contributed by atoms with Crippen LogP contribution in [0.3, 0.4) is 0 Å². The summed E-state index contributed by atoms with van der Waals surface area (Å²) < 4.78 is 0. The molecule has 5 nitrogen and oxygen atoms in total. The monoisotopic (exact) mass is 250 g/mol. The predicted molar refractivity (Wildman–Crippen MR) is 69.7 cm³/mol. The number of benzene rings is 1. The lowest BCUT2D eigenvalue weighted by atomic mass is 10.1. The number of aromatic carboxylic acids is 1. The lowest BCUT2D eigenvalue weighted by Crippen LogP contribution is -2.35. The van der Waals surface area contributed by atoms with Crippen LogP contribution in [0.4, 0.5) is 5.69 Å². The first-order valence-electron chi connectivity index (χ1n) is 5.86. The van der Waals surface area contributed by atoms with Crippen molar-refractivity contribution >= 4 is 17.6 Å². The van der Waals surface area contributed by atoms with Gasteiger partial charge >= 0.3 is 5.97 Å². The molecule has 98 valence electrons. The molecule has 0 spiro atoms. The average Bonchev–Trinajstić information content (AvgIpc) is 2.28. The third kappa shape index (κ3) is 3.30. The van der Waals surface area contributed by atoms with Crippen molar-refractivity contribution in [3.8, 4) is 0 Å². The predicted octanol–water partition coefficient (Wildman–Crippen LogP) is 1.76. The molecule has 1 amide bonds. The van der Waals surface area contributed by atoms with Gasteiger partial charge in [0.2, 0.25) is 5.91 Å². The number of carboxylic acids is 1. The van der Waals surface area contributed by atoms with Gasteiger partial charge in [0.25, 0.3) is 0 Å². The van der Waals surface area contributed by atoms with Gasteiger partial charge in [-0.15, -0.1) is 0 Å². The lowest BCUT2D eigenvalue weighted by molar-refractivity contribution is -0.117. The molecule has 0 aliphatic heterocycles. The molecule has 1 aromatic carbocycles. The summed E-state index contributed by atoms with van der Waals surface area (Å²) in [6.07, 6.45) is 1.37. The summed E-state index contributed by atoms with van der Waals surface area (Å²) in [5, 5.41) is 11.7. The molecule has 0 aromatic heterocycles. The second-order valence-electron chi connectivity index (χ2n) is 4.19. The average molecular weight is 250 g/mol. The summed E-state index contributed by atoms with van der Waals surface area (Å²) >= 11 is 0. The van der Waals surface area contributed by atoms with Gasteiger partial charge < -0.3 is 16.2 Å². The summed E-state index contributed by atoms with van der Waals surface area (Å²) in [7, 11) is 0. The van der Waals surface area contributed by atoms with E-state index in [1.807, 2.05) is 6.92 Å². The van der Waals surface area contributed by atoms with Crippen LogP contribution in [0.15, 0.2) is 18.2 Å². The van der Waals surface area contributed by atoms with Crippen LogP contribution in [-0.4, -0.2) is 23.0 Å². The van der Waals surface area contributed by atoms with Gasteiger partial charge in [-0.25, -0.2) is 4.79 Å². The summed E-state index contributed by atoms with van der Waals surface area (Å²) in [5.41, 5.74) is 6.68. The Balaban J connectivity index is 2.94. The van der Waals surface area contributed by atoms with Crippen molar-refractivity contribution in [3.05, 3.63) is 29.3 Å². The maximum Gasteiger partial charge on any atom is 0.338 e. The third-order valence-electron chi connectivity index (χ3n) is 2.68. The second kappa shape index (κ2) is 6.16. The van der Waals surface area contributed by atoms with E-state index in [0.717, 1.165) is 6.42 Å². The number of hydrogen-bond donors (Lipinski definition) is 3. The molecule has 0 bridgehead atoms. The minimum atomic E-state index is -1.06. The maximum atomic E-state index is 11.8. The second-order valence-corrected chi connectivity index (χ2v) is 4.19. The zero-order chi connectivity index (χ0) is 13.7. The number of anilines is 1. The number of nitrogens with two attached hydrogens (primary N) is 1. The van der Waals surface area contributed by atoms with Crippen LogP contribution in [0.2, 0.25) is 0 Å². The molecule has 0 radical (unpaired) electrons. The van der Waals surface area contributed by atoms with E-state index in [1.165, 1.54) is 0 Å². The number of amides is 1. The molecule has 1 rings (SSSR count). The number of aryl methyl sites for hydroxylation is 1. The van der Waals surface area contributed by atoms with Crippen LogP contribution >= 0.6 is 0 Å². The summed E-state index contributed by atoms with van der Waals surface area (Å²) in [6.45, 7) is 3.62. The summed E-state index contributed by atoms with van der Waals surface area (Å²) in [5.74, 6) is -1.42. The van der Waals surface area contributed by atoms with Gasteiger partial charge in [0.05, 0.1) is 17.3 Å². The van der Waals surface area contributed by atoms with Gasteiger partial charge in [0.1, 0.15) is 0 Å². The fourth-order valence-corrected chi connectivity index (χ4v) is 1.72. The molecular formula is C13H18N2O3. The fraction of sp³-hybridized carbons (Fsp3) is 0.385. The molecule has 4 N–H and O–H groups in total. The highest BCUT2D eigenvalue weighted by Crippen LogP contribution is 2.19. The maximum absolute atomic E-state index is 11.8. The molecule has 0 fully saturated rings. The van der Waals surface area contributed by atoms with Crippen LogP contribution in [0.1, 0.15) is 35.7 Å². The molecule has 5 heteroatoms. The molecule has 18 heavy (non-hydrogen) atoms. The first-order valence-corrected chi connectivity index (χ1v) is 5.86. The Bertz CT molecular complexity index is 458. The van der Waals surface area contributed by atoms with Crippen LogP contribution < -0.4 is 11.1 Å². The lowest BCUT2D eigenvalue weighted by Gasteiger charge is -2.14. The van der Waals surface area contributed by atoms with Crippen molar-refractivity contribution in [3.63, 3.8) is 0 Å². The van der Waals surface area contributed by atoms with Crippen molar-refractivity contribution in [2.24, 2.45) is 5.73 Å². The van der Waals surface area contributed by atoms with Gasteiger partial charge in [-0.05, 0) is 25.0 Å². The van der Waals surface area contributed by atoms with Gasteiger partial charge in [0, 0.05) is 0 Å². The number of rotatable bonds is 5. The molecule has 1 aromatic rings. The third-order valence-corrected chi connectivity index (χ3v) is 2.68. The van der Waals surface area contributed by atoms with E-state index < -0.39 is 12.0 Å². The Kier molecular flexibility index (Phi) is 4.85. The molecule has 0 saturated carbocycles. The highest BCUT2D eigenvalue weighted by atomic mass is 16.4. The molecule has 0 aliphatic rings. The van der Waals surface area contributed by atoms with Crippen LogP contribution in [0.5, 0.6) is 0 Å². The Hall–Kier alpha value is -1.88. The largest absolute Gasteiger partial charge is 0.478 e. The van der Waals surface area contributed by atoms with Crippen molar-refractivity contribution in [2.75, 3.05) is 5.32 Å². The highest BCUT2D eigenvalue weighted by Gasteiger charge is 2.17. The number of carboxylic acid groups (broad SMARTS) is 1. The van der Waals surface area contributed by atoms with Crippen LogP contribution in [0, 0.1) is 6.92 Å². The number of carbonyl (C=O) groups excluding carboxylic acids is 1. The molecular weight excluding hydrogens is 232 g/mol. The highest BCUT2D eigenvalue weighted by molar-refractivity contribution is 6.02. The zero-order valence-electron chi connectivity index (χ0n) is 10.6. The van der Waals surface area contributed by atoms with Crippen LogP contribution in [0.25, 0.3) is 0 Å². The summed E-state index contributed by atoms with van der Waals surface area (Å²) in [6, 6.07) is 4.33. The smallest absolute Gasteiger partial charge is 0.338 e. The Labute approximate surface area is 106 Å².